The monoisotopic (exact) mass is 210 g/mol. The van der Waals surface area contributed by atoms with Crippen molar-refractivity contribution in [2.45, 2.75) is 24.0 Å². The largest absolute Gasteiger partial charge is 0.394 e. The van der Waals surface area contributed by atoms with Gasteiger partial charge in [-0.3, -0.25) is 10.5 Å². The van der Waals surface area contributed by atoms with Crippen molar-refractivity contribution in [3.8, 4) is 0 Å². The van der Waals surface area contributed by atoms with E-state index in [-0.39, 0.29) is 0 Å². The van der Waals surface area contributed by atoms with Crippen molar-refractivity contribution >= 4 is 5.91 Å². The Labute approximate surface area is 79.4 Å². The molecular weight excluding hydrogens is 196 g/mol. The number of carbonyl (C=O) groups is 1. The van der Waals surface area contributed by atoms with Gasteiger partial charge in [-0.2, -0.15) is 0 Å². The average Bonchev–Trinajstić information content (AvgIpc) is 2.13. The minimum Gasteiger partial charge on any atom is -0.394 e. The number of amides is 1. The fraction of sp³-hybridized carbons (Fsp3) is 0.833. The van der Waals surface area contributed by atoms with Crippen LogP contribution in [0.1, 0.15) is 0 Å². The Morgan fingerprint density at radius 3 is 2.07 bits per heavy atom. The van der Waals surface area contributed by atoms with Crippen LogP contribution < -0.4 is 11.5 Å². The molecule has 0 fully saturated rings. The number of aliphatic hydroxyl groups is 5. The minimum absolute atomic E-state index is 0.868. The highest BCUT2D eigenvalue weighted by molar-refractivity contribution is 5.83. The summed E-state index contributed by atoms with van der Waals surface area (Å²) in [5.41, 5.74) is 6.63. The number of carbonyl (C=O) groups excluding carboxylic acids is 1. The molecule has 9 N–H and O–H groups in total. The van der Waals surface area contributed by atoms with E-state index in [1.807, 2.05) is 0 Å². The third-order valence-electron chi connectivity index (χ3n) is 1.75. The molecule has 84 valence electrons. The van der Waals surface area contributed by atoms with E-state index in [0.717, 1.165) is 0 Å². The van der Waals surface area contributed by atoms with Gasteiger partial charge in [0.05, 0.1) is 6.61 Å². The van der Waals surface area contributed by atoms with Gasteiger partial charge in [0, 0.05) is 0 Å². The zero-order valence-electron chi connectivity index (χ0n) is 7.24. The van der Waals surface area contributed by atoms with E-state index < -0.39 is 36.6 Å². The summed E-state index contributed by atoms with van der Waals surface area (Å²) < 4.78 is 0. The van der Waals surface area contributed by atoms with Crippen molar-refractivity contribution in [2.24, 2.45) is 11.5 Å². The van der Waals surface area contributed by atoms with Crippen LogP contribution in [0.4, 0.5) is 0 Å². The Balaban J connectivity index is 4.60. The molecule has 4 atom stereocenters. The van der Waals surface area contributed by atoms with Crippen LogP contribution in [-0.4, -0.2) is 62.1 Å². The molecule has 0 radical (unpaired) electrons. The number of primary amides is 1. The Morgan fingerprint density at radius 2 is 1.79 bits per heavy atom. The first kappa shape index (κ1) is 13.2. The molecular formula is C6H14N2O6. The summed E-state index contributed by atoms with van der Waals surface area (Å²) in [5, 5.41) is 44.5. The van der Waals surface area contributed by atoms with Crippen molar-refractivity contribution in [2.75, 3.05) is 6.61 Å². The molecule has 0 saturated heterocycles. The van der Waals surface area contributed by atoms with Gasteiger partial charge < -0.3 is 31.3 Å². The standard InChI is InChI=1S/C6H14N2O6/c7-5(13)6(8,14)4(12)3(11)2(10)1-9/h2-4,9-12,14H,1,8H2,(H2,7,13)/t2-,3-,4+,6-/m0/s1. The second-order valence-corrected chi connectivity index (χ2v) is 2.87. The molecule has 0 bridgehead atoms. The molecule has 14 heavy (non-hydrogen) atoms. The third kappa shape index (κ3) is 2.61. The fourth-order valence-corrected chi connectivity index (χ4v) is 0.725. The van der Waals surface area contributed by atoms with Gasteiger partial charge in [-0.15, -0.1) is 0 Å². The van der Waals surface area contributed by atoms with E-state index in [0.29, 0.717) is 0 Å². The van der Waals surface area contributed by atoms with Gasteiger partial charge in [-0.25, -0.2) is 0 Å². The summed E-state index contributed by atoms with van der Waals surface area (Å²) in [4.78, 5) is 10.5. The van der Waals surface area contributed by atoms with Crippen molar-refractivity contribution in [3.63, 3.8) is 0 Å². The van der Waals surface area contributed by atoms with Crippen molar-refractivity contribution in [1.82, 2.24) is 0 Å². The number of hydrogen-bond acceptors (Lipinski definition) is 7. The lowest BCUT2D eigenvalue weighted by Gasteiger charge is -2.30. The van der Waals surface area contributed by atoms with Gasteiger partial charge in [0.25, 0.3) is 5.91 Å². The van der Waals surface area contributed by atoms with Gasteiger partial charge in [0.15, 0.2) is 0 Å². The fourth-order valence-electron chi connectivity index (χ4n) is 0.725. The van der Waals surface area contributed by atoms with Gasteiger partial charge >= 0.3 is 0 Å². The lowest BCUT2D eigenvalue weighted by molar-refractivity contribution is -0.172. The lowest BCUT2D eigenvalue weighted by atomic mass is 9.98. The summed E-state index contributed by atoms with van der Waals surface area (Å²) in [7, 11) is 0. The molecule has 0 aliphatic heterocycles. The SMILES string of the molecule is NC(=O)[C@@](N)(O)[C@H](O)[C@@H](O)[C@@H](O)CO. The van der Waals surface area contributed by atoms with Gasteiger partial charge in [0.2, 0.25) is 5.72 Å². The third-order valence-corrected chi connectivity index (χ3v) is 1.75. The molecule has 8 nitrogen and oxygen atoms in total. The molecule has 1 amide bonds. The van der Waals surface area contributed by atoms with Crippen LogP contribution in [0.25, 0.3) is 0 Å². The molecule has 0 aromatic heterocycles. The highest BCUT2D eigenvalue weighted by Crippen LogP contribution is 2.10. The second-order valence-electron chi connectivity index (χ2n) is 2.87. The summed E-state index contributed by atoms with van der Waals surface area (Å²) in [6.07, 6.45) is -5.91. The van der Waals surface area contributed by atoms with Gasteiger partial charge in [-0.1, -0.05) is 0 Å². The molecule has 0 unspecified atom stereocenters. The average molecular weight is 210 g/mol. The van der Waals surface area contributed by atoms with Crippen LogP contribution in [0.3, 0.4) is 0 Å². The number of aliphatic hydroxyl groups excluding tert-OH is 4. The topological polar surface area (TPSA) is 170 Å². The van der Waals surface area contributed by atoms with E-state index in [1.54, 1.807) is 0 Å². The van der Waals surface area contributed by atoms with Crippen LogP contribution in [0.15, 0.2) is 0 Å². The van der Waals surface area contributed by atoms with E-state index in [2.05, 4.69) is 5.73 Å². The first-order chi connectivity index (χ1) is 6.25. The Kier molecular flexibility index (Phi) is 4.39. The molecule has 8 heteroatoms. The van der Waals surface area contributed by atoms with Crippen LogP contribution in [0.2, 0.25) is 0 Å². The van der Waals surface area contributed by atoms with Gasteiger partial charge in [-0.05, 0) is 0 Å². The summed E-state index contributed by atoms with van der Waals surface area (Å²) in [6.45, 7) is -0.868. The highest BCUT2D eigenvalue weighted by Gasteiger charge is 2.44. The highest BCUT2D eigenvalue weighted by atomic mass is 16.4. The molecule has 0 saturated carbocycles. The minimum atomic E-state index is -2.87. The quantitative estimate of drug-likeness (QED) is 0.223. The summed E-state index contributed by atoms with van der Waals surface area (Å²) >= 11 is 0. The van der Waals surface area contributed by atoms with Crippen molar-refractivity contribution in [1.29, 1.82) is 0 Å². The smallest absolute Gasteiger partial charge is 0.267 e. The van der Waals surface area contributed by atoms with Crippen LogP contribution >= 0.6 is 0 Å². The van der Waals surface area contributed by atoms with E-state index in [1.165, 1.54) is 0 Å². The lowest BCUT2D eigenvalue weighted by Crippen LogP contribution is -2.65. The predicted octanol–water partition coefficient (Wildman–Crippen LogP) is -4.81. The zero-order chi connectivity index (χ0) is 11.5. The number of rotatable bonds is 5. The first-order valence-corrected chi connectivity index (χ1v) is 3.71. The van der Waals surface area contributed by atoms with Crippen LogP contribution in [-0.2, 0) is 4.79 Å². The molecule has 0 heterocycles. The number of hydrogen-bond donors (Lipinski definition) is 7. The Hall–Kier alpha value is -0.770. The first-order valence-electron chi connectivity index (χ1n) is 3.71. The van der Waals surface area contributed by atoms with E-state index in [4.69, 9.17) is 31.3 Å². The normalized spacial score (nSPS) is 22.1. The second kappa shape index (κ2) is 4.64. The summed E-state index contributed by atoms with van der Waals surface area (Å²) in [5.74, 6) is -1.46. The molecule has 0 aromatic rings. The molecule has 0 aromatic carbocycles. The molecule has 0 aliphatic rings. The molecule has 0 spiro atoms. The molecule has 0 aliphatic carbocycles. The van der Waals surface area contributed by atoms with E-state index in [9.17, 15) is 4.79 Å². The summed E-state index contributed by atoms with van der Waals surface area (Å²) in [6, 6.07) is 0. The van der Waals surface area contributed by atoms with Crippen LogP contribution in [0, 0.1) is 0 Å². The maximum absolute atomic E-state index is 10.5. The van der Waals surface area contributed by atoms with E-state index >= 15 is 0 Å². The maximum atomic E-state index is 10.5. The number of nitrogens with two attached hydrogens (primary N) is 2. The van der Waals surface area contributed by atoms with Gasteiger partial charge in [0.1, 0.15) is 18.3 Å². The predicted molar refractivity (Wildman–Crippen MR) is 43.4 cm³/mol. The Morgan fingerprint density at radius 1 is 1.36 bits per heavy atom. The Bertz CT molecular complexity index is 208. The molecule has 0 rings (SSSR count). The van der Waals surface area contributed by atoms with Crippen LogP contribution in [0.5, 0.6) is 0 Å². The zero-order valence-corrected chi connectivity index (χ0v) is 7.24. The van der Waals surface area contributed by atoms with Crippen molar-refractivity contribution in [3.05, 3.63) is 0 Å². The van der Waals surface area contributed by atoms with Crippen molar-refractivity contribution < 1.29 is 30.3 Å². The maximum Gasteiger partial charge on any atom is 0.267 e.